The van der Waals surface area contributed by atoms with Crippen LogP contribution >= 0.6 is 0 Å². The smallest absolute Gasteiger partial charge is 0.303 e. The summed E-state index contributed by atoms with van der Waals surface area (Å²) in [5.41, 5.74) is 5.45. The molecular weight excluding hydrogens is 256 g/mol. The lowest BCUT2D eigenvalue weighted by Crippen LogP contribution is -2.28. The number of nitrogens with two attached hydrogens (primary N) is 1. The summed E-state index contributed by atoms with van der Waals surface area (Å²) in [5.74, 6) is -0.123. The molecule has 0 spiro atoms. The zero-order chi connectivity index (χ0) is 15.2. The molecule has 1 unspecified atom stereocenters. The topological polar surface area (TPSA) is 92.4 Å². The highest BCUT2D eigenvalue weighted by molar-refractivity contribution is 5.75. The van der Waals surface area contributed by atoms with Crippen LogP contribution in [0.3, 0.4) is 0 Å². The second kappa shape index (κ2) is 12.9. The van der Waals surface area contributed by atoms with E-state index in [0.717, 1.165) is 51.5 Å². The van der Waals surface area contributed by atoms with Crippen LogP contribution in [-0.4, -0.2) is 30.1 Å². The molecule has 1 amide bonds. The maximum absolute atomic E-state index is 11.6. The molecule has 0 bridgehead atoms. The Bertz CT molecular complexity index is 270. The van der Waals surface area contributed by atoms with Crippen LogP contribution < -0.4 is 11.1 Å². The van der Waals surface area contributed by atoms with Gasteiger partial charge in [0.25, 0.3) is 0 Å². The van der Waals surface area contributed by atoms with Crippen LogP contribution in [0, 0.1) is 5.92 Å². The van der Waals surface area contributed by atoms with Gasteiger partial charge in [0.2, 0.25) is 5.91 Å². The summed E-state index contributed by atoms with van der Waals surface area (Å²) in [4.78, 5) is 21.9. The average molecular weight is 286 g/mol. The number of hydrogen-bond acceptors (Lipinski definition) is 3. The predicted octanol–water partition coefficient (Wildman–Crippen LogP) is 2.29. The van der Waals surface area contributed by atoms with Crippen molar-refractivity contribution >= 4 is 11.9 Å². The van der Waals surface area contributed by atoms with Crippen LogP contribution in [0.5, 0.6) is 0 Å². The van der Waals surface area contributed by atoms with E-state index in [1.54, 1.807) is 0 Å². The van der Waals surface area contributed by atoms with E-state index >= 15 is 0 Å². The molecule has 20 heavy (non-hydrogen) atoms. The van der Waals surface area contributed by atoms with Crippen LogP contribution in [0.25, 0.3) is 0 Å². The number of amides is 1. The van der Waals surface area contributed by atoms with E-state index in [1.807, 2.05) is 0 Å². The number of carboxylic acid groups (broad SMARTS) is 1. The van der Waals surface area contributed by atoms with Crippen molar-refractivity contribution in [1.82, 2.24) is 5.32 Å². The number of aliphatic carboxylic acids is 1. The SMILES string of the molecule is CC(CCCN)CNC(=O)CCCCCCCC(=O)O. The van der Waals surface area contributed by atoms with Crippen molar-refractivity contribution in [2.45, 2.75) is 64.7 Å². The van der Waals surface area contributed by atoms with Gasteiger partial charge in [0.15, 0.2) is 0 Å². The molecule has 0 heterocycles. The third-order valence-corrected chi connectivity index (χ3v) is 3.34. The summed E-state index contributed by atoms with van der Waals surface area (Å²) in [5, 5.41) is 11.4. The lowest BCUT2D eigenvalue weighted by molar-refractivity contribution is -0.137. The molecule has 0 fully saturated rings. The van der Waals surface area contributed by atoms with Gasteiger partial charge in [-0.1, -0.05) is 26.2 Å². The number of carbonyl (C=O) groups excluding carboxylic acids is 1. The van der Waals surface area contributed by atoms with Crippen LogP contribution in [0.2, 0.25) is 0 Å². The second-order valence-electron chi connectivity index (χ2n) is 5.50. The van der Waals surface area contributed by atoms with Gasteiger partial charge in [0.05, 0.1) is 0 Å². The summed E-state index contributed by atoms with van der Waals surface area (Å²) < 4.78 is 0. The molecule has 5 heteroatoms. The molecule has 0 aromatic heterocycles. The van der Waals surface area contributed by atoms with E-state index < -0.39 is 5.97 Å². The van der Waals surface area contributed by atoms with Gasteiger partial charge in [-0.3, -0.25) is 9.59 Å². The quantitative estimate of drug-likeness (QED) is 0.453. The number of hydrogen-bond donors (Lipinski definition) is 3. The third-order valence-electron chi connectivity index (χ3n) is 3.34. The first-order valence-corrected chi connectivity index (χ1v) is 7.74. The zero-order valence-corrected chi connectivity index (χ0v) is 12.7. The van der Waals surface area contributed by atoms with E-state index in [9.17, 15) is 9.59 Å². The fraction of sp³-hybridized carbons (Fsp3) is 0.867. The lowest BCUT2D eigenvalue weighted by atomic mass is 10.1. The lowest BCUT2D eigenvalue weighted by Gasteiger charge is -2.11. The molecule has 0 saturated heterocycles. The van der Waals surface area contributed by atoms with Crippen LogP contribution in [-0.2, 0) is 9.59 Å². The molecule has 0 aliphatic heterocycles. The first kappa shape index (κ1) is 18.9. The molecule has 0 aliphatic rings. The Kier molecular flexibility index (Phi) is 12.2. The standard InChI is InChI=1S/C15H30N2O3/c1-13(8-7-11-16)12-17-14(18)9-5-3-2-4-6-10-15(19)20/h13H,2-12,16H2,1H3,(H,17,18)(H,19,20). The molecule has 0 saturated carbocycles. The van der Waals surface area contributed by atoms with Gasteiger partial charge in [0, 0.05) is 19.4 Å². The predicted molar refractivity (Wildman–Crippen MR) is 80.4 cm³/mol. The second-order valence-corrected chi connectivity index (χ2v) is 5.50. The van der Waals surface area contributed by atoms with Crippen molar-refractivity contribution in [3.63, 3.8) is 0 Å². The van der Waals surface area contributed by atoms with Crippen LogP contribution in [0.4, 0.5) is 0 Å². The monoisotopic (exact) mass is 286 g/mol. The summed E-state index contributed by atoms with van der Waals surface area (Å²) >= 11 is 0. The van der Waals surface area contributed by atoms with Gasteiger partial charge in [-0.05, 0) is 38.1 Å². The first-order valence-electron chi connectivity index (χ1n) is 7.74. The molecule has 0 aliphatic carbocycles. The van der Waals surface area contributed by atoms with E-state index in [1.165, 1.54) is 0 Å². The molecule has 5 nitrogen and oxygen atoms in total. The maximum Gasteiger partial charge on any atom is 0.303 e. The van der Waals surface area contributed by atoms with Crippen molar-refractivity contribution in [3.8, 4) is 0 Å². The van der Waals surface area contributed by atoms with Crippen LogP contribution in [0.1, 0.15) is 64.7 Å². The van der Waals surface area contributed by atoms with Crippen molar-refractivity contribution in [2.75, 3.05) is 13.1 Å². The minimum absolute atomic E-state index is 0.120. The van der Waals surface area contributed by atoms with E-state index in [2.05, 4.69) is 12.2 Å². The summed E-state index contributed by atoms with van der Waals surface area (Å²) in [6.45, 7) is 3.57. The molecule has 0 rings (SSSR count). The van der Waals surface area contributed by atoms with Gasteiger partial charge in [0.1, 0.15) is 0 Å². The van der Waals surface area contributed by atoms with Crippen LogP contribution in [0.15, 0.2) is 0 Å². The summed E-state index contributed by atoms with van der Waals surface area (Å²) in [7, 11) is 0. The summed E-state index contributed by atoms with van der Waals surface area (Å²) in [6, 6.07) is 0. The Morgan fingerprint density at radius 3 is 2.25 bits per heavy atom. The molecule has 118 valence electrons. The van der Waals surface area contributed by atoms with E-state index in [4.69, 9.17) is 10.8 Å². The fourth-order valence-corrected chi connectivity index (χ4v) is 2.04. The highest BCUT2D eigenvalue weighted by atomic mass is 16.4. The Morgan fingerprint density at radius 1 is 1.05 bits per heavy atom. The minimum atomic E-state index is -0.729. The van der Waals surface area contributed by atoms with Gasteiger partial charge in [-0.15, -0.1) is 0 Å². The normalized spacial score (nSPS) is 12.1. The zero-order valence-electron chi connectivity index (χ0n) is 12.7. The molecule has 0 aromatic rings. The molecule has 4 N–H and O–H groups in total. The third kappa shape index (κ3) is 13.3. The van der Waals surface area contributed by atoms with Gasteiger partial charge < -0.3 is 16.2 Å². The van der Waals surface area contributed by atoms with E-state index in [0.29, 0.717) is 18.9 Å². The number of rotatable bonds is 13. The Labute approximate surface area is 122 Å². The molecule has 0 aromatic carbocycles. The van der Waals surface area contributed by atoms with Gasteiger partial charge in [-0.25, -0.2) is 0 Å². The van der Waals surface area contributed by atoms with E-state index in [-0.39, 0.29) is 12.3 Å². The molecule has 1 atom stereocenters. The van der Waals surface area contributed by atoms with Crippen molar-refractivity contribution < 1.29 is 14.7 Å². The first-order chi connectivity index (χ1) is 9.56. The van der Waals surface area contributed by atoms with Crippen molar-refractivity contribution in [3.05, 3.63) is 0 Å². The Hall–Kier alpha value is -1.10. The highest BCUT2D eigenvalue weighted by Crippen LogP contribution is 2.07. The van der Waals surface area contributed by atoms with Crippen molar-refractivity contribution in [1.29, 1.82) is 0 Å². The highest BCUT2D eigenvalue weighted by Gasteiger charge is 2.05. The fourth-order valence-electron chi connectivity index (χ4n) is 2.04. The van der Waals surface area contributed by atoms with Gasteiger partial charge >= 0.3 is 5.97 Å². The molecular formula is C15H30N2O3. The van der Waals surface area contributed by atoms with Gasteiger partial charge in [-0.2, -0.15) is 0 Å². The Balaban J connectivity index is 3.34. The summed E-state index contributed by atoms with van der Waals surface area (Å²) in [6.07, 6.45) is 7.45. The Morgan fingerprint density at radius 2 is 1.65 bits per heavy atom. The largest absolute Gasteiger partial charge is 0.481 e. The molecule has 0 radical (unpaired) electrons. The minimum Gasteiger partial charge on any atom is -0.481 e. The number of carbonyl (C=O) groups is 2. The average Bonchev–Trinajstić information content (AvgIpc) is 2.41. The maximum atomic E-state index is 11.6. The van der Waals surface area contributed by atoms with Crippen molar-refractivity contribution in [2.24, 2.45) is 11.7 Å². The number of unbranched alkanes of at least 4 members (excludes halogenated alkanes) is 4. The number of carboxylic acids is 1. The number of nitrogens with one attached hydrogen (secondary N) is 1.